The maximum atomic E-state index is 10.3. The predicted octanol–water partition coefficient (Wildman–Crippen LogP) is -4.69. The summed E-state index contributed by atoms with van der Waals surface area (Å²) in [6, 6.07) is 0. The summed E-state index contributed by atoms with van der Waals surface area (Å²) in [5.74, 6) is -1.06. The molecule has 2 N–H and O–H groups in total. The minimum Gasteiger partial charge on any atom is -1.00 e. The topological polar surface area (TPSA) is 58.2 Å². The summed E-state index contributed by atoms with van der Waals surface area (Å²) in [7, 11) is 0. The first kappa shape index (κ1) is 17.3. The van der Waals surface area contributed by atoms with Gasteiger partial charge in [-0.15, -0.1) is 0 Å². The van der Waals surface area contributed by atoms with E-state index in [4.69, 9.17) is 0 Å². The van der Waals surface area contributed by atoms with Crippen molar-refractivity contribution in [3.8, 4) is 0 Å². The average molecular weight is 233 g/mol. The fourth-order valence-electron chi connectivity index (χ4n) is 0.513. The van der Waals surface area contributed by atoms with Crippen LogP contribution in [0.3, 0.4) is 0 Å². The molecular weight excluding hydrogens is 224 g/mol. The minimum atomic E-state index is -0.531. The van der Waals surface area contributed by atoms with E-state index in [0.29, 0.717) is 13.1 Å². The Hall–Kier alpha value is 0.186. The molecule has 1 aliphatic heterocycles. The first-order valence-electron chi connectivity index (χ1n) is 2.37. The second-order valence-corrected chi connectivity index (χ2v) is 1.51. The summed E-state index contributed by atoms with van der Waals surface area (Å²) in [5.41, 5.74) is 0. The van der Waals surface area contributed by atoms with E-state index < -0.39 is 11.8 Å². The van der Waals surface area contributed by atoms with Crippen LogP contribution in [0.2, 0.25) is 0 Å². The van der Waals surface area contributed by atoms with E-state index in [1.165, 1.54) is 0 Å². The molecule has 0 spiro atoms. The van der Waals surface area contributed by atoms with E-state index in [1.807, 2.05) is 0 Å². The first-order valence-corrected chi connectivity index (χ1v) is 2.37. The van der Waals surface area contributed by atoms with Gasteiger partial charge in [-0.1, -0.05) is 0 Å². The van der Waals surface area contributed by atoms with Crippen LogP contribution in [0.5, 0.6) is 0 Å². The first-order chi connectivity index (χ1) is 3.80. The number of halogens is 1. The van der Waals surface area contributed by atoms with Crippen molar-refractivity contribution in [2.24, 2.45) is 0 Å². The molecule has 4 nitrogen and oxygen atoms in total. The van der Waals surface area contributed by atoms with Gasteiger partial charge in [0.1, 0.15) is 0 Å². The van der Waals surface area contributed by atoms with E-state index in [9.17, 15) is 9.59 Å². The van der Waals surface area contributed by atoms with Gasteiger partial charge in [0.2, 0.25) is 0 Å². The van der Waals surface area contributed by atoms with Crippen LogP contribution < -0.4 is 27.6 Å². The molecular formula is C5H9BrMgN2O2. The number of hydrogen-bond donors (Lipinski definition) is 2. The molecule has 1 fully saturated rings. The van der Waals surface area contributed by atoms with Crippen LogP contribution in [-0.4, -0.2) is 48.0 Å². The van der Waals surface area contributed by atoms with Crippen LogP contribution in [0.25, 0.3) is 0 Å². The normalized spacial score (nSPS) is 14.2. The molecule has 0 atom stereocenters. The van der Waals surface area contributed by atoms with E-state index in [1.54, 1.807) is 0 Å². The van der Waals surface area contributed by atoms with Crippen molar-refractivity contribution in [2.75, 3.05) is 13.1 Å². The maximum absolute atomic E-state index is 10.3. The van der Waals surface area contributed by atoms with Gasteiger partial charge in [0.25, 0.3) is 0 Å². The fraction of sp³-hybridized carbons (Fsp3) is 0.400. The van der Waals surface area contributed by atoms with Gasteiger partial charge in [-0.3, -0.25) is 9.59 Å². The smallest absolute Gasteiger partial charge is 1.00 e. The molecule has 0 bridgehead atoms. The number of hydrogen-bond acceptors (Lipinski definition) is 2. The van der Waals surface area contributed by atoms with Gasteiger partial charge in [0, 0.05) is 13.1 Å². The Morgan fingerprint density at radius 3 is 1.45 bits per heavy atom. The Kier molecular flexibility index (Phi) is 13.0. The molecule has 1 saturated heterocycles. The number of nitrogens with one attached hydrogen (secondary N) is 2. The third-order valence-corrected chi connectivity index (χ3v) is 0.902. The summed E-state index contributed by atoms with van der Waals surface area (Å²) >= 11 is 0. The van der Waals surface area contributed by atoms with E-state index in [2.05, 4.69) is 10.6 Å². The molecule has 60 valence electrons. The van der Waals surface area contributed by atoms with Crippen LogP contribution in [0, 0.1) is 7.43 Å². The predicted molar refractivity (Wildman–Crippen MR) is 38.2 cm³/mol. The van der Waals surface area contributed by atoms with Gasteiger partial charge in [-0.05, 0) is 0 Å². The van der Waals surface area contributed by atoms with Gasteiger partial charge in [-0.25, -0.2) is 0 Å². The Labute approximate surface area is 92.4 Å². The molecule has 0 aliphatic carbocycles. The zero-order chi connectivity index (χ0) is 5.98. The average Bonchev–Trinajstić information content (AvgIpc) is 1.77. The summed E-state index contributed by atoms with van der Waals surface area (Å²) < 4.78 is 0. The van der Waals surface area contributed by atoms with Crippen molar-refractivity contribution in [1.29, 1.82) is 0 Å². The maximum Gasteiger partial charge on any atom is 2.00 e. The molecule has 0 aromatic carbocycles. The number of carbonyl (C=O) groups excluding carboxylic acids is 2. The monoisotopic (exact) mass is 232 g/mol. The standard InChI is InChI=1S/C4H6N2O2.CH3.BrH.Mg/c7-3-4(8)6-2-1-5-3;;;/h1-2H2,(H,5,7)(H,6,8);1H3;1H;/q;-1;;+2/p-1. The van der Waals surface area contributed by atoms with Crippen LogP contribution in [0.4, 0.5) is 0 Å². The summed E-state index contributed by atoms with van der Waals surface area (Å²) in [6.45, 7) is 1.09. The second kappa shape index (κ2) is 8.28. The molecule has 0 saturated carbocycles. The summed E-state index contributed by atoms with van der Waals surface area (Å²) in [4.78, 5) is 20.5. The van der Waals surface area contributed by atoms with E-state index in [-0.39, 0.29) is 47.5 Å². The molecule has 0 aromatic rings. The largest absolute Gasteiger partial charge is 2.00 e. The number of rotatable bonds is 0. The molecule has 0 unspecified atom stereocenters. The quantitative estimate of drug-likeness (QED) is 0.251. The number of carbonyl (C=O) groups is 2. The van der Waals surface area contributed by atoms with Crippen molar-refractivity contribution < 1.29 is 26.6 Å². The van der Waals surface area contributed by atoms with Crippen LogP contribution in [-0.2, 0) is 9.59 Å². The number of piperazine rings is 1. The van der Waals surface area contributed by atoms with Gasteiger partial charge in [0.15, 0.2) is 0 Å². The molecule has 1 rings (SSSR count). The molecule has 0 aromatic heterocycles. The molecule has 0 radical (unpaired) electrons. The molecule has 2 amide bonds. The Bertz CT molecular complexity index is 126. The van der Waals surface area contributed by atoms with Gasteiger partial charge >= 0.3 is 34.9 Å². The Morgan fingerprint density at radius 2 is 1.27 bits per heavy atom. The Balaban J connectivity index is -0.000000213. The molecule has 11 heavy (non-hydrogen) atoms. The summed E-state index contributed by atoms with van der Waals surface area (Å²) in [6.07, 6.45) is 0. The van der Waals surface area contributed by atoms with E-state index >= 15 is 0 Å². The summed E-state index contributed by atoms with van der Waals surface area (Å²) in [5, 5.41) is 4.76. The van der Waals surface area contributed by atoms with Gasteiger partial charge in [0.05, 0.1) is 0 Å². The van der Waals surface area contributed by atoms with Crippen molar-refractivity contribution in [3.05, 3.63) is 7.43 Å². The third-order valence-electron chi connectivity index (χ3n) is 0.902. The van der Waals surface area contributed by atoms with Gasteiger partial charge < -0.3 is 35.0 Å². The van der Waals surface area contributed by atoms with Crippen molar-refractivity contribution in [3.63, 3.8) is 0 Å². The molecule has 1 heterocycles. The Morgan fingerprint density at radius 1 is 1.00 bits per heavy atom. The van der Waals surface area contributed by atoms with Crippen LogP contribution in [0.15, 0.2) is 0 Å². The van der Waals surface area contributed by atoms with Crippen molar-refractivity contribution in [1.82, 2.24) is 10.6 Å². The molecule has 1 aliphatic rings. The zero-order valence-corrected chi connectivity index (χ0v) is 9.32. The zero-order valence-electron chi connectivity index (χ0n) is 6.32. The fourth-order valence-corrected chi connectivity index (χ4v) is 0.513. The SMILES string of the molecule is O=C1NCCNC1=O.[Br-].[CH3-].[Mg+2]. The number of amides is 2. The van der Waals surface area contributed by atoms with Crippen LogP contribution >= 0.6 is 0 Å². The van der Waals surface area contributed by atoms with Gasteiger partial charge in [-0.2, -0.15) is 0 Å². The third kappa shape index (κ3) is 5.46. The van der Waals surface area contributed by atoms with Crippen molar-refractivity contribution in [2.45, 2.75) is 0 Å². The van der Waals surface area contributed by atoms with Crippen molar-refractivity contribution >= 4 is 34.9 Å². The second-order valence-electron chi connectivity index (χ2n) is 1.51. The molecule has 6 heteroatoms. The minimum absolute atomic E-state index is 0. The van der Waals surface area contributed by atoms with E-state index in [0.717, 1.165) is 0 Å². The van der Waals surface area contributed by atoms with Crippen LogP contribution in [0.1, 0.15) is 0 Å².